The Kier molecular flexibility index (Phi) is 12.4. The summed E-state index contributed by atoms with van der Waals surface area (Å²) in [7, 11) is -6.12. The number of aromatic hydroxyl groups is 1. The molecule has 2 aliphatic heterocycles. The van der Waals surface area contributed by atoms with Crippen LogP contribution >= 0.6 is 0 Å². The molecule has 5 aromatic carbocycles. The van der Waals surface area contributed by atoms with Crippen LogP contribution in [0.1, 0.15) is 51.2 Å². The van der Waals surface area contributed by atoms with Crippen molar-refractivity contribution in [1.29, 1.82) is 0 Å². The molecule has 0 radical (unpaired) electrons. The SMILES string of the molecule is CC(C)(C)[Si](OCC1=C2[C@@H](CC/C(=C/c3ccc(O)c(F)c3)c3ccccc3)OB(O)C[C@@H]2[C@@H]2C(=O)N(c3cccc(B(O)O)c3)C(=O)[C@@H]2C1)(c1ccccc1)c1ccccc1. The fourth-order valence-electron chi connectivity index (χ4n) is 9.99. The highest BCUT2D eigenvalue weighted by atomic mass is 28.4. The van der Waals surface area contributed by atoms with E-state index in [0.29, 0.717) is 18.4 Å². The maximum atomic E-state index is 14.7. The van der Waals surface area contributed by atoms with E-state index in [1.807, 2.05) is 72.8 Å². The number of phenolic OH excluding ortho intramolecular Hbond substituents is 1. The van der Waals surface area contributed by atoms with E-state index in [2.05, 4.69) is 45.0 Å². The van der Waals surface area contributed by atoms with Crippen molar-refractivity contribution in [3.63, 3.8) is 0 Å². The lowest BCUT2D eigenvalue weighted by Gasteiger charge is -2.46. The fraction of sp³-hybridized carbons (Fsp3) is 0.265. The number of benzene rings is 5. The summed E-state index contributed by atoms with van der Waals surface area (Å²) in [5, 5.41) is 43.1. The van der Waals surface area contributed by atoms with Crippen molar-refractivity contribution >= 4 is 67.5 Å². The molecule has 2 heterocycles. The van der Waals surface area contributed by atoms with Gasteiger partial charge in [0.25, 0.3) is 8.32 Å². The maximum absolute atomic E-state index is 14.7. The third-order valence-corrected chi connectivity index (χ3v) is 17.7. The minimum Gasteiger partial charge on any atom is -0.505 e. The van der Waals surface area contributed by atoms with Crippen molar-refractivity contribution in [3.05, 3.63) is 162 Å². The highest BCUT2D eigenvalue weighted by Crippen LogP contribution is 2.52. The van der Waals surface area contributed by atoms with Gasteiger partial charge in [-0.25, -0.2) is 4.39 Å². The second-order valence-corrected chi connectivity index (χ2v) is 21.8. The highest BCUT2D eigenvalue weighted by Gasteiger charge is 2.58. The number of hydrogen-bond acceptors (Lipinski definition) is 8. The summed E-state index contributed by atoms with van der Waals surface area (Å²) < 4.78 is 28.5. The summed E-state index contributed by atoms with van der Waals surface area (Å²) in [6.45, 7) is 6.75. The number of fused-ring (bicyclic) bond motifs is 3. The minimum absolute atomic E-state index is 0.0894. The predicted molar refractivity (Wildman–Crippen MR) is 244 cm³/mol. The first-order chi connectivity index (χ1) is 29.8. The number of rotatable bonds is 12. The van der Waals surface area contributed by atoms with Crippen LogP contribution < -0.4 is 20.7 Å². The molecule has 0 spiro atoms. The molecule has 9 nitrogen and oxygen atoms in total. The van der Waals surface area contributed by atoms with Gasteiger partial charge >= 0.3 is 14.2 Å². The lowest BCUT2D eigenvalue weighted by Crippen LogP contribution is -2.66. The number of halogens is 1. The lowest BCUT2D eigenvalue weighted by molar-refractivity contribution is -0.122. The summed E-state index contributed by atoms with van der Waals surface area (Å²) in [6, 6.07) is 40.7. The van der Waals surface area contributed by atoms with Gasteiger partial charge in [0, 0.05) is 0 Å². The molecule has 2 fully saturated rings. The number of allylic oxidation sites excluding steroid dienone is 1. The zero-order chi connectivity index (χ0) is 43.8. The second kappa shape index (κ2) is 17.8. The van der Waals surface area contributed by atoms with Crippen LogP contribution in [0.4, 0.5) is 10.1 Å². The quantitative estimate of drug-likeness (QED) is 0.0512. The number of imide groups is 1. The van der Waals surface area contributed by atoms with Crippen LogP contribution in [0.2, 0.25) is 11.4 Å². The van der Waals surface area contributed by atoms with E-state index < -0.39 is 63.9 Å². The Morgan fingerprint density at radius 1 is 0.871 bits per heavy atom. The van der Waals surface area contributed by atoms with Gasteiger partial charge in [0.1, 0.15) is 0 Å². The van der Waals surface area contributed by atoms with E-state index in [1.54, 1.807) is 18.2 Å². The Morgan fingerprint density at radius 3 is 2.13 bits per heavy atom. The summed E-state index contributed by atoms with van der Waals surface area (Å²) in [6.07, 6.45) is 2.34. The summed E-state index contributed by atoms with van der Waals surface area (Å²) in [4.78, 5) is 30.4. The van der Waals surface area contributed by atoms with Crippen LogP contribution in [0.5, 0.6) is 5.75 Å². The molecule has 5 aromatic rings. The predicted octanol–water partition coefficient (Wildman–Crippen LogP) is 6.11. The van der Waals surface area contributed by atoms with E-state index in [1.165, 1.54) is 24.3 Å². The van der Waals surface area contributed by atoms with E-state index in [9.17, 15) is 34.2 Å². The highest BCUT2D eigenvalue weighted by molar-refractivity contribution is 6.99. The van der Waals surface area contributed by atoms with Crippen LogP contribution in [-0.2, 0) is 18.7 Å². The summed E-state index contributed by atoms with van der Waals surface area (Å²) in [5.74, 6) is -4.10. The second-order valence-electron chi connectivity index (χ2n) is 17.5. The normalized spacial score (nSPS) is 20.7. The van der Waals surface area contributed by atoms with Gasteiger partial charge in [-0.1, -0.05) is 136 Å². The third kappa shape index (κ3) is 8.28. The monoisotopic (exact) mass is 849 g/mol. The molecular formula is C49H50B2FNO8Si. The van der Waals surface area contributed by atoms with Crippen molar-refractivity contribution in [2.45, 2.75) is 57.5 Å². The Morgan fingerprint density at radius 2 is 1.52 bits per heavy atom. The molecule has 62 heavy (non-hydrogen) atoms. The van der Waals surface area contributed by atoms with Gasteiger partial charge in [0.15, 0.2) is 11.6 Å². The van der Waals surface area contributed by atoms with E-state index in [4.69, 9.17) is 9.08 Å². The topological polar surface area (TPSA) is 137 Å². The van der Waals surface area contributed by atoms with E-state index >= 15 is 0 Å². The maximum Gasteiger partial charge on any atom is 0.488 e. The van der Waals surface area contributed by atoms with Crippen molar-refractivity contribution in [2.24, 2.45) is 17.8 Å². The molecule has 13 heteroatoms. The Bertz CT molecular complexity index is 2460. The molecule has 8 rings (SSSR count). The van der Waals surface area contributed by atoms with Crippen LogP contribution in [0, 0.1) is 23.6 Å². The average Bonchev–Trinajstić information content (AvgIpc) is 3.52. The number of carbonyl (C=O) groups excluding carboxylic acids is 2. The first kappa shape index (κ1) is 43.3. The van der Waals surface area contributed by atoms with Crippen molar-refractivity contribution in [3.8, 4) is 5.75 Å². The molecule has 316 valence electrons. The number of anilines is 1. The van der Waals surface area contributed by atoms with Gasteiger partial charge in [-0.3, -0.25) is 14.5 Å². The van der Waals surface area contributed by atoms with Gasteiger partial charge in [-0.05, 0) is 104 Å². The smallest absolute Gasteiger partial charge is 0.488 e. The van der Waals surface area contributed by atoms with E-state index in [-0.39, 0.29) is 41.4 Å². The summed E-state index contributed by atoms with van der Waals surface area (Å²) in [5.41, 5.74) is 4.45. The Balaban J connectivity index is 1.23. The number of amides is 2. The largest absolute Gasteiger partial charge is 0.505 e. The minimum atomic E-state index is -3.10. The zero-order valence-corrected chi connectivity index (χ0v) is 36.0. The van der Waals surface area contributed by atoms with Crippen molar-refractivity contribution in [1.82, 2.24) is 0 Å². The molecule has 0 bridgehead atoms. The average molecular weight is 850 g/mol. The number of phenols is 1. The van der Waals surface area contributed by atoms with Gasteiger partial charge in [0.2, 0.25) is 11.8 Å². The molecule has 4 atom stereocenters. The first-order valence-electron chi connectivity index (χ1n) is 21.2. The molecule has 3 aliphatic rings. The number of carbonyl (C=O) groups is 2. The molecule has 0 unspecified atom stereocenters. The van der Waals surface area contributed by atoms with Gasteiger partial charge < -0.3 is 29.3 Å². The number of nitrogens with zero attached hydrogens (tertiary/aromatic N) is 1. The molecule has 0 saturated carbocycles. The molecule has 2 amide bonds. The van der Waals surface area contributed by atoms with Crippen LogP contribution in [0.3, 0.4) is 0 Å². The van der Waals surface area contributed by atoms with Crippen LogP contribution in [0.25, 0.3) is 11.6 Å². The van der Waals surface area contributed by atoms with Crippen molar-refractivity contribution in [2.75, 3.05) is 11.5 Å². The van der Waals surface area contributed by atoms with Gasteiger partial charge in [-0.15, -0.1) is 0 Å². The first-order valence-corrected chi connectivity index (χ1v) is 23.1. The molecular weight excluding hydrogens is 799 g/mol. The van der Waals surface area contributed by atoms with Crippen LogP contribution in [0.15, 0.2) is 145 Å². The Labute approximate surface area is 363 Å². The standard InChI is InChI=1S/C49H50B2FNO8Si/c1-49(2,3)62(38-18-9-5-10-19-38,39-20-11-6-12-21-39)60-31-35-28-40-46(48(56)53(47(40)55)37-17-13-16-36(29-37)51(58)59)41-30-50(57)61-44(45(35)41)25-23-34(33-14-7-4-8-15-33)26-32-22-24-43(54)42(52)27-32/h4-22,24,26-27,29,40-41,44,46,54,57-59H,23,25,28,30-31H2,1-3H3/b34-26-/t40-,41+,44-,46-/m1/s1. The zero-order valence-electron chi connectivity index (χ0n) is 35.0. The number of hydrogen-bond donors (Lipinski definition) is 4. The molecule has 0 aromatic heterocycles. The van der Waals surface area contributed by atoms with E-state index in [0.717, 1.165) is 37.6 Å². The Hall–Kier alpha value is -5.40. The summed E-state index contributed by atoms with van der Waals surface area (Å²) >= 11 is 0. The van der Waals surface area contributed by atoms with Crippen LogP contribution in [-0.4, -0.2) is 67.3 Å². The fourth-order valence-corrected chi connectivity index (χ4v) is 14.5. The van der Waals surface area contributed by atoms with Gasteiger partial charge in [0.05, 0.1) is 30.2 Å². The third-order valence-electron chi connectivity index (χ3n) is 12.7. The van der Waals surface area contributed by atoms with Gasteiger partial charge in [-0.2, -0.15) is 0 Å². The molecule has 1 aliphatic carbocycles. The lowest BCUT2D eigenvalue weighted by atomic mass is 9.58. The molecule has 2 saturated heterocycles. The van der Waals surface area contributed by atoms with Crippen molar-refractivity contribution < 1.29 is 43.2 Å². The molecule has 4 N–H and O–H groups in total.